The number of hydrogen-bond acceptors (Lipinski definition) is 2. The lowest BCUT2D eigenvalue weighted by Crippen LogP contribution is -2.50. The first-order chi connectivity index (χ1) is 9.65. The summed E-state index contributed by atoms with van der Waals surface area (Å²) in [4.78, 5) is 14.8. The van der Waals surface area contributed by atoms with Crippen molar-refractivity contribution in [2.24, 2.45) is 11.7 Å². The van der Waals surface area contributed by atoms with Gasteiger partial charge >= 0.3 is 0 Å². The number of benzene rings is 1. The quantitative estimate of drug-likeness (QED) is 0.932. The number of nitrogens with zero attached hydrogens (tertiary/aromatic N) is 1. The van der Waals surface area contributed by atoms with E-state index in [-0.39, 0.29) is 24.1 Å². The van der Waals surface area contributed by atoms with Crippen LogP contribution < -0.4 is 5.73 Å². The predicted molar refractivity (Wildman–Crippen MR) is 82.9 cm³/mol. The van der Waals surface area contributed by atoms with Crippen LogP contribution in [0.25, 0.3) is 0 Å². The van der Waals surface area contributed by atoms with Gasteiger partial charge in [-0.15, -0.1) is 12.4 Å². The Morgan fingerprint density at radius 2 is 2.19 bits per heavy atom. The maximum absolute atomic E-state index is 13.5. The summed E-state index contributed by atoms with van der Waals surface area (Å²) in [5.41, 5.74) is 6.05. The van der Waals surface area contributed by atoms with E-state index >= 15 is 0 Å². The first-order valence-electron chi connectivity index (χ1n) is 7.41. The zero-order valence-corrected chi connectivity index (χ0v) is 12.9. The molecule has 1 amide bonds. The van der Waals surface area contributed by atoms with Crippen molar-refractivity contribution in [3.05, 3.63) is 35.6 Å². The maximum Gasteiger partial charge on any atom is 0.233 e. The second-order valence-corrected chi connectivity index (χ2v) is 6.09. The molecule has 1 saturated carbocycles. The second-order valence-electron chi connectivity index (χ2n) is 6.09. The van der Waals surface area contributed by atoms with Crippen molar-refractivity contribution in [1.82, 2.24) is 4.90 Å². The average Bonchev–Trinajstić information content (AvgIpc) is 2.86. The number of carbonyl (C=O) groups is 1. The molecule has 3 nitrogen and oxygen atoms in total. The molecule has 21 heavy (non-hydrogen) atoms. The summed E-state index contributed by atoms with van der Waals surface area (Å²) in [6.07, 6.45) is 3.69. The van der Waals surface area contributed by atoms with E-state index in [9.17, 15) is 9.18 Å². The van der Waals surface area contributed by atoms with Gasteiger partial charge in [0.1, 0.15) is 5.82 Å². The molecule has 1 aromatic carbocycles. The Morgan fingerprint density at radius 1 is 1.43 bits per heavy atom. The van der Waals surface area contributed by atoms with Crippen molar-refractivity contribution in [2.75, 3.05) is 19.6 Å². The van der Waals surface area contributed by atoms with Gasteiger partial charge in [-0.3, -0.25) is 4.79 Å². The first kappa shape index (κ1) is 16.2. The van der Waals surface area contributed by atoms with Gasteiger partial charge in [-0.2, -0.15) is 0 Å². The zero-order valence-electron chi connectivity index (χ0n) is 12.1. The zero-order chi connectivity index (χ0) is 14.2. The van der Waals surface area contributed by atoms with E-state index in [0.717, 1.165) is 44.3 Å². The number of likely N-dealkylation sites (tertiary alicyclic amines) is 1. The van der Waals surface area contributed by atoms with Crippen molar-refractivity contribution in [3.63, 3.8) is 0 Å². The minimum absolute atomic E-state index is 0. The smallest absolute Gasteiger partial charge is 0.233 e. The van der Waals surface area contributed by atoms with Gasteiger partial charge in [0, 0.05) is 13.1 Å². The fourth-order valence-electron chi connectivity index (χ4n) is 3.45. The van der Waals surface area contributed by atoms with Gasteiger partial charge in [-0.1, -0.05) is 18.6 Å². The lowest BCUT2D eigenvalue weighted by atomic mass is 9.63. The molecule has 2 fully saturated rings. The molecule has 5 heteroatoms. The molecule has 0 aromatic heterocycles. The Labute approximate surface area is 131 Å². The summed E-state index contributed by atoms with van der Waals surface area (Å²) in [5, 5.41) is 0. The lowest BCUT2D eigenvalue weighted by molar-refractivity contribution is -0.140. The summed E-state index contributed by atoms with van der Waals surface area (Å²) >= 11 is 0. The molecule has 0 radical (unpaired) electrons. The summed E-state index contributed by atoms with van der Waals surface area (Å²) < 4.78 is 13.5. The monoisotopic (exact) mass is 312 g/mol. The molecular weight excluding hydrogens is 291 g/mol. The van der Waals surface area contributed by atoms with Crippen molar-refractivity contribution < 1.29 is 9.18 Å². The van der Waals surface area contributed by atoms with Crippen LogP contribution >= 0.6 is 12.4 Å². The van der Waals surface area contributed by atoms with Gasteiger partial charge in [0.05, 0.1) is 5.41 Å². The molecule has 3 rings (SSSR count). The van der Waals surface area contributed by atoms with Crippen LogP contribution in [0.15, 0.2) is 24.3 Å². The highest BCUT2D eigenvalue weighted by molar-refractivity contribution is 5.89. The van der Waals surface area contributed by atoms with Crippen LogP contribution in [0.1, 0.15) is 31.2 Å². The average molecular weight is 313 g/mol. The molecule has 1 atom stereocenters. The Morgan fingerprint density at radius 3 is 2.71 bits per heavy atom. The Kier molecular flexibility index (Phi) is 4.89. The number of rotatable bonds is 3. The second kappa shape index (κ2) is 6.32. The third kappa shape index (κ3) is 2.79. The highest BCUT2D eigenvalue weighted by Gasteiger charge is 2.48. The largest absolute Gasteiger partial charge is 0.342 e. The van der Waals surface area contributed by atoms with E-state index in [1.54, 1.807) is 6.07 Å². The van der Waals surface area contributed by atoms with Gasteiger partial charge in [-0.25, -0.2) is 4.39 Å². The summed E-state index contributed by atoms with van der Waals surface area (Å²) in [5.74, 6) is 0.330. The van der Waals surface area contributed by atoms with Gasteiger partial charge in [0.25, 0.3) is 0 Å². The number of halogens is 2. The minimum atomic E-state index is -0.481. The van der Waals surface area contributed by atoms with Crippen LogP contribution in [0.3, 0.4) is 0 Å². The van der Waals surface area contributed by atoms with Crippen LogP contribution in [-0.2, 0) is 10.2 Å². The minimum Gasteiger partial charge on any atom is -0.342 e. The third-order valence-electron chi connectivity index (χ3n) is 4.90. The van der Waals surface area contributed by atoms with E-state index in [4.69, 9.17) is 5.73 Å². The van der Waals surface area contributed by atoms with Crippen LogP contribution in [-0.4, -0.2) is 30.4 Å². The van der Waals surface area contributed by atoms with Crippen LogP contribution in [0.4, 0.5) is 4.39 Å². The van der Waals surface area contributed by atoms with Crippen molar-refractivity contribution in [3.8, 4) is 0 Å². The van der Waals surface area contributed by atoms with E-state index < -0.39 is 5.41 Å². The maximum atomic E-state index is 13.5. The summed E-state index contributed by atoms with van der Waals surface area (Å²) in [7, 11) is 0. The molecule has 1 unspecified atom stereocenters. The molecular formula is C16H22ClFN2O. The van der Waals surface area contributed by atoms with Gasteiger partial charge < -0.3 is 10.6 Å². The number of carbonyl (C=O) groups excluding carboxylic acids is 1. The molecule has 1 aliphatic carbocycles. The summed E-state index contributed by atoms with van der Waals surface area (Å²) in [6.45, 7) is 2.18. The molecule has 116 valence electrons. The first-order valence-corrected chi connectivity index (χ1v) is 7.41. The SMILES string of the molecule is Cl.NCC1CCN(C(=O)C2(c3cccc(F)c3)CCC2)C1. The molecule has 2 N–H and O–H groups in total. The fourth-order valence-corrected chi connectivity index (χ4v) is 3.45. The lowest BCUT2D eigenvalue weighted by Gasteiger charge is -2.43. The van der Waals surface area contributed by atoms with E-state index in [1.165, 1.54) is 12.1 Å². The van der Waals surface area contributed by atoms with Gasteiger partial charge in [0.15, 0.2) is 0 Å². The van der Waals surface area contributed by atoms with Gasteiger partial charge in [-0.05, 0) is 49.4 Å². The van der Waals surface area contributed by atoms with E-state index in [1.807, 2.05) is 11.0 Å². The molecule has 1 aliphatic heterocycles. The molecule has 1 heterocycles. The number of hydrogen-bond donors (Lipinski definition) is 1. The molecule has 0 spiro atoms. The topological polar surface area (TPSA) is 46.3 Å². The number of nitrogens with two attached hydrogens (primary N) is 1. The Balaban J connectivity index is 0.00000161. The van der Waals surface area contributed by atoms with Gasteiger partial charge in [0.2, 0.25) is 5.91 Å². The van der Waals surface area contributed by atoms with Crippen LogP contribution in [0.5, 0.6) is 0 Å². The van der Waals surface area contributed by atoms with Crippen molar-refractivity contribution in [2.45, 2.75) is 31.1 Å². The molecule has 1 aromatic rings. The third-order valence-corrected chi connectivity index (χ3v) is 4.90. The standard InChI is InChI=1S/C16H21FN2O.ClH/c17-14-4-1-3-13(9-14)16(6-2-7-16)15(20)19-8-5-12(10-18)11-19;/h1,3-4,9,12H,2,5-8,10-11,18H2;1H. The normalized spacial score (nSPS) is 23.3. The fraction of sp³-hybridized carbons (Fsp3) is 0.562. The Hall–Kier alpha value is -1.13. The predicted octanol–water partition coefficient (Wildman–Crippen LogP) is 2.48. The van der Waals surface area contributed by atoms with Crippen molar-refractivity contribution in [1.29, 1.82) is 0 Å². The molecule has 2 aliphatic rings. The van der Waals surface area contributed by atoms with Crippen LogP contribution in [0.2, 0.25) is 0 Å². The van der Waals surface area contributed by atoms with Crippen molar-refractivity contribution >= 4 is 18.3 Å². The van der Waals surface area contributed by atoms with E-state index in [2.05, 4.69) is 0 Å². The summed E-state index contributed by atoms with van der Waals surface area (Å²) in [6, 6.07) is 6.54. The molecule has 1 saturated heterocycles. The Bertz CT molecular complexity index is 519. The highest BCUT2D eigenvalue weighted by atomic mass is 35.5. The van der Waals surface area contributed by atoms with E-state index in [0.29, 0.717) is 12.5 Å². The van der Waals surface area contributed by atoms with Crippen LogP contribution in [0, 0.1) is 11.7 Å². The molecule has 0 bridgehead atoms. The number of amides is 1. The highest BCUT2D eigenvalue weighted by Crippen LogP contribution is 2.46.